The van der Waals surface area contributed by atoms with Crippen LogP contribution in [0.2, 0.25) is 5.02 Å². The van der Waals surface area contributed by atoms with Crippen molar-refractivity contribution in [1.29, 1.82) is 0 Å². The molecule has 0 aliphatic rings. The number of aromatic nitrogens is 2. The number of nitrogens with one attached hydrogen (secondary N) is 1. The maximum Gasteiger partial charge on any atom is 0.289 e. The molecule has 2 atom stereocenters. The molecule has 0 saturated heterocycles. The number of aryl methyl sites for hydroxylation is 1. The third-order valence-corrected chi connectivity index (χ3v) is 5.00. The fourth-order valence-electron chi connectivity index (χ4n) is 2.52. The minimum atomic E-state index is -3.26. The molecular formula is C20H24ClN3O4S. The molecule has 2 aromatic rings. The third kappa shape index (κ3) is 6.83. The standard InChI is InChI=1S/C20H24ClN3O4S/c1-5-17(15-8-6-7-9-16(15)21)28-18-12-22-19(24-14(18)3)20(25)23-13(2)10-11-29(4,26)27/h6-13,17H,5H2,1-4H3,(H,23,25)/b11-10+/t13-,17+/m1/s1. The maximum atomic E-state index is 12.3. The molecule has 1 heterocycles. The lowest BCUT2D eigenvalue weighted by molar-refractivity contribution is 0.0935. The van der Waals surface area contributed by atoms with Gasteiger partial charge < -0.3 is 10.1 Å². The van der Waals surface area contributed by atoms with E-state index < -0.39 is 21.8 Å². The molecule has 0 saturated carbocycles. The molecule has 1 aromatic heterocycles. The van der Waals surface area contributed by atoms with E-state index >= 15 is 0 Å². The SMILES string of the molecule is CC[C@H](Oc1cnc(C(=O)N[C@H](C)/C=C/S(C)(=O)=O)nc1C)c1ccccc1Cl. The molecule has 1 N–H and O–H groups in total. The van der Waals surface area contributed by atoms with Crippen molar-refractivity contribution in [2.45, 2.75) is 39.3 Å². The summed E-state index contributed by atoms with van der Waals surface area (Å²) in [5.41, 5.74) is 1.37. The van der Waals surface area contributed by atoms with Crippen LogP contribution in [0.25, 0.3) is 0 Å². The van der Waals surface area contributed by atoms with Crippen molar-refractivity contribution in [2.75, 3.05) is 6.26 Å². The van der Waals surface area contributed by atoms with Crippen LogP contribution in [0.4, 0.5) is 0 Å². The topological polar surface area (TPSA) is 98.2 Å². The number of benzene rings is 1. The number of amides is 1. The number of ether oxygens (including phenoxy) is 1. The molecule has 7 nitrogen and oxygen atoms in total. The number of sulfone groups is 1. The summed E-state index contributed by atoms with van der Waals surface area (Å²) in [4.78, 5) is 20.6. The van der Waals surface area contributed by atoms with E-state index in [1.165, 1.54) is 12.3 Å². The fourth-order valence-corrected chi connectivity index (χ4v) is 3.30. The van der Waals surface area contributed by atoms with Gasteiger partial charge in [-0.25, -0.2) is 18.4 Å². The molecule has 156 valence electrons. The van der Waals surface area contributed by atoms with Crippen molar-refractivity contribution >= 4 is 27.3 Å². The van der Waals surface area contributed by atoms with Crippen LogP contribution in [0.1, 0.15) is 48.2 Å². The van der Waals surface area contributed by atoms with Gasteiger partial charge in [0.15, 0.2) is 15.6 Å². The van der Waals surface area contributed by atoms with Gasteiger partial charge in [-0.05, 0) is 26.3 Å². The van der Waals surface area contributed by atoms with Gasteiger partial charge in [-0.3, -0.25) is 4.79 Å². The highest BCUT2D eigenvalue weighted by atomic mass is 35.5. The highest BCUT2D eigenvalue weighted by Gasteiger charge is 2.18. The lowest BCUT2D eigenvalue weighted by Crippen LogP contribution is -2.32. The second-order valence-electron chi connectivity index (χ2n) is 6.60. The Morgan fingerprint density at radius 1 is 1.34 bits per heavy atom. The highest BCUT2D eigenvalue weighted by Crippen LogP contribution is 2.30. The average Bonchev–Trinajstić information content (AvgIpc) is 2.65. The summed E-state index contributed by atoms with van der Waals surface area (Å²) in [5, 5.41) is 4.29. The first-order valence-corrected chi connectivity index (χ1v) is 11.4. The third-order valence-electron chi connectivity index (χ3n) is 4.00. The Morgan fingerprint density at radius 3 is 2.62 bits per heavy atom. The molecule has 0 fully saturated rings. The van der Waals surface area contributed by atoms with E-state index in [-0.39, 0.29) is 11.9 Å². The Labute approximate surface area is 176 Å². The van der Waals surface area contributed by atoms with Gasteiger partial charge in [-0.1, -0.05) is 42.8 Å². The van der Waals surface area contributed by atoms with Gasteiger partial charge in [0.25, 0.3) is 5.91 Å². The van der Waals surface area contributed by atoms with Gasteiger partial charge in [0.05, 0.1) is 11.9 Å². The predicted molar refractivity (Wildman–Crippen MR) is 113 cm³/mol. The summed E-state index contributed by atoms with van der Waals surface area (Å²) >= 11 is 6.27. The van der Waals surface area contributed by atoms with E-state index in [0.29, 0.717) is 22.9 Å². The summed E-state index contributed by atoms with van der Waals surface area (Å²) < 4.78 is 28.4. The van der Waals surface area contributed by atoms with Crippen LogP contribution in [-0.4, -0.2) is 36.6 Å². The zero-order valence-corrected chi connectivity index (χ0v) is 18.3. The molecule has 1 amide bonds. The predicted octanol–water partition coefficient (Wildman–Crippen LogP) is 3.65. The van der Waals surface area contributed by atoms with E-state index in [1.54, 1.807) is 19.9 Å². The molecule has 0 spiro atoms. The van der Waals surface area contributed by atoms with Crippen molar-refractivity contribution in [3.05, 3.63) is 64.1 Å². The Kier molecular flexibility index (Phi) is 7.75. The first-order chi connectivity index (χ1) is 13.6. The molecule has 2 rings (SSSR count). The second kappa shape index (κ2) is 9.84. The molecule has 0 aliphatic heterocycles. The molecule has 9 heteroatoms. The summed E-state index contributed by atoms with van der Waals surface area (Å²) in [6, 6.07) is 6.95. The lowest BCUT2D eigenvalue weighted by atomic mass is 10.1. The number of nitrogens with zero attached hydrogens (tertiary/aromatic N) is 2. The van der Waals surface area contributed by atoms with Crippen LogP contribution in [0.3, 0.4) is 0 Å². The van der Waals surface area contributed by atoms with Crippen molar-refractivity contribution in [3.63, 3.8) is 0 Å². The van der Waals surface area contributed by atoms with Crippen LogP contribution in [0, 0.1) is 6.92 Å². The quantitative estimate of drug-likeness (QED) is 0.676. The molecular weight excluding hydrogens is 414 g/mol. The number of carbonyl (C=O) groups is 1. The summed E-state index contributed by atoms with van der Waals surface area (Å²) in [6.07, 6.45) is 4.33. The van der Waals surface area contributed by atoms with E-state index in [0.717, 1.165) is 17.2 Å². The second-order valence-corrected chi connectivity index (χ2v) is 8.94. The van der Waals surface area contributed by atoms with Gasteiger partial charge in [-0.2, -0.15) is 0 Å². The number of carbonyl (C=O) groups excluding carboxylic acids is 1. The number of hydrogen-bond donors (Lipinski definition) is 1. The lowest BCUT2D eigenvalue weighted by Gasteiger charge is -2.20. The Hall–Kier alpha value is -2.45. The van der Waals surface area contributed by atoms with Gasteiger partial charge in [-0.15, -0.1) is 0 Å². The normalized spacial score (nSPS) is 13.8. The summed E-state index contributed by atoms with van der Waals surface area (Å²) in [5.74, 6) is -0.0814. The van der Waals surface area contributed by atoms with Crippen molar-refractivity contribution < 1.29 is 17.9 Å². The van der Waals surface area contributed by atoms with Gasteiger partial charge in [0.2, 0.25) is 5.82 Å². The summed E-state index contributed by atoms with van der Waals surface area (Å²) in [7, 11) is -3.26. The van der Waals surface area contributed by atoms with Crippen LogP contribution in [0.5, 0.6) is 5.75 Å². The molecule has 29 heavy (non-hydrogen) atoms. The van der Waals surface area contributed by atoms with Gasteiger partial charge in [0, 0.05) is 28.3 Å². The molecule has 1 aromatic carbocycles. The molecule has 0 unspecified atom stereocenters. The Balaban J connectivity index is 2.12. The van der Waals surface area contributed by atoms with Gasteiger partial charge >= 0.3 is 0 Å². The van der Waals surface area contributed by atoms with Crippen molar-refractivity contribution in [2.24, 2.45) is 0 Å². The highest BCUT2D eigenvalue weighted by molar-refractivity contribution is 7.93. The first kappa shape index (κ1) is 22.8. The number of rotatable bonds is 8. The van der Waals surface area contributed by atoms with E-state index in [2.05, 4.69) is 15.3 Å². The zero-order chi connectivity index (χ0) is 21.6. The fraction of sp³-hybridized carbons (Fsp3) is 0.350. The monoisotopic (exact) mass is 437 g/mol. The maximum absolute atomic E-state index is 12.3. The smallest absolute Gasteiger partial charge is 0.289 e. The Morgan fingerprint density at radius 2 is 2.03 bits per heavy atom. The summed E-state index contributed by atoms with van der Waals surface area (Å²) in [6.45, 7) is 5.36. The van der Waals surface area contributed by atoms with Crippen LogP contribution >= 0.6 is 11.6 Å². The van der Waals surface area contributed by atoms with E-state index in [4.69, 9.17) is 16.3 Å². The Bertz CT molecular complexity index is 1010. The van der Waals surface area contributed by atoms with Crippen LogP contribution in [0.15, 0.2) is 41.9 Å². The zero-order valence-electron chi connectivity index (χ0n) is 16.7. The minimum absolute atomic E-state index is 0.0275. The molecule has 0 radical (unpaired) electrons. The largest absolute Gasteiger partial charge is 0.482 e. The molecule has 0 bridgehead atoms. The minimum Gasteiger partial charge on any atom is -0.482 e. The number of halogens is 1. The van der Waals surface area contributed by atoms with Crippen molar-refractivity contribution in [1.82, 2.24) is 15.3 Å². The van der Waals surface area contributed by atoms with Crippen LogP contribution < -0.4 is 10.1 Å². The van der Waals surface area contributed by atoms with E-state index in [9.17, 15) is 13.2 Å². The van der Waals surface area contributed by atoms with Crippen LogP contribution in [-0.2, 0) is 9.84 Å². The first-order valence-electron chi connectivity index (χ1n) is 9.04. The average molecular weight is 438 g/mol. The molecule has 0 aliphatic carbocycles. The van der Waals surface area contributed by atoms with E-state index in [1.807, 2.05) is 25.1 Å². The van der Waals surface area contributed by atoms with Gasteiger partial charge in [0.1, 0.15) is 6.10 Å². The van der Waals surface area contributed by atoms with Crippen molar-refractivity contribution in [3.8, 4) is 5.75 Å². The number of hydrogen-bond acceptors (Lipinski definition) is 6.